The summed E-state index contributed by atoms with van der Waals surface area (Å²) in [5.74, 6) is 1.12. The minimum absolute atomic E-state index is 0.0682. The van der Waals surface area contributed by atoms with Crippen molar-refractivity contribution in [2.24, 2.45) is 11.8 Å². The second kappa shape index (κ2) is 3.07. The fourth-order valence-electron chi connectivity index (χ4n) is 1.21. The van der Waals surface area contributed by atoms with Gasteiger partial charge in [-0.2, -0.15) is 0 Å². The number of carbonyl (C=O) groups is 1. The van der Waals surface area contributed by atoms with E-state index in [1.807, 2.05) is 26.8 Å². The molecule has 0 fully saturated rings. The van der Waals surface area contributed by atoms with Crippen LogP contribution in [-0.4, -0.2) is 5.97 Å². The molecule has 0 spiro atoms. The number of hydrogen-bond acceptors (Lipinski definition) is 2. The van der Waals surface area contributed by atoms with Gasteiger partial charge in [-0.25, -0.2) is 0 Å². The average Bonchev–Trinajstić information content (AvgIpc) is 1.85. The van der Waals surface area contributed by atoms with Crippen LogP contribution in [0.3, 0.4) is 0 Å². The van der Waals surface area contributed by atoms with Gasteiger partial charge in [0, 0.05) is 0 Å². The summed E-state index contributed by atoms with van der Waals surface area (Å²) in [4.78, 5) is 11.2. The molecule has 0 saturated carbocycles. The molecule has 0 aromatic rings. The highest BCUT2D eigenvalue weighted by molar-refractivity contribution is 5.75. The number of allylic oxidation sites excluding steroid dienone is 2. The molecular weight excluding hydrogens is 140 g/mol. The third-order valence-corrected chi connectivity index (χ3v) is 2.03. The molecule has 2 nitrogen and oxygen atoms in total. The summed E-state index contributed by atoms with van der Waals surface area (Å²) in [7, 11) is 0. The molecule has 0 N–H and O–H groups in total. The van der Waals surface area contributed by atoms with Crippen molar-refractivity contribution >= 4 is 5.97 Å². The molecule has 1 aliphatic heterocycles. The van der Waals surface area contributed by atoms with Crippen LogP contribution in [0.1, 0.15) is 27.2 Å². The fourth-order valence-corrected chi connectivity index (χ4v) is 1.21. The second-order valence-electron chi connectivity index (χ2n) is 3.32. The molecule has 0 aromatic heterocycles. The maximum atomic E-state index is 11.2. The third kappa shape index (κ3) is 1.82. The normalized spacial score (nSPS) is 24.9. The molecule has 1 heterocycles. The van der Waals surface area contributed by atoms with Crippen molar-refractivity contribution < 1.29 is 9.53 Å². The van der Waals surface area contributed by atoms with Gasteiger partial charge in [0.2, 0.25) is 0 Å². The standard InChI is InChI=1S/C9H14O2/c1-6(2)8-5-4-7(3)11-9(8)10/h4,6,8H,5H2,1-3H3. The Morgan fingerprint density at radius 3 is 2.73 bits per heavy atom. The monoisotopic (exact) mass is 154 g/mol. The van der Waals surface area contributed by atoms with E-state index in [9.17, 15) is 4.79 Å². The smallest absolute Gasteiger partial charge is 0.314 e. The quantitative estimate of drug-likeness (QED) is 0.541. The van der Waals surface area contributed by atoms with Crippen molar-refractivity contribution in [3.8, 4) is 0 Å². The van der Waals surface area contributed by atoms with Gasteiger partial charge in [-0.1, -0.05) is 13.8 Å². The summed E-state index contributed by atoms with van der Waals surface area (Å²) in [6.45, 7) is 5.90. The first-order valence-corrected chi connectivity index (χ1v) is 3.99. The lowest BCUT2D eigenvalue weighted by molar-refractivity contribution is -0.146. The van der Waals surface area contributed by atoms with Gasteiger partial charge < -0.3 is 4.74 Å². The minimum Gasteiger partial charge on any atom is -0.431 e. The molecule has 1 atom stereocenters. The highest BCUT2D eigenvalue weighted by atomic mass is 16.5. The predicted molar refractivity (Wildman–Crippen MR) is 42.8 cm³/mol. The van der Waals surface area contributed by atoms with E-state index in [4.69, 9.17) is 4.74 Å². The molecule has 0 bridgehead atoms. The number of ether oxygens (including phenoxy) is 1. The Bertz CT molecular complexity index is 192. The van der Waals surface area contributed by atoms with Gasteiger partial charge >= 0.3 is 5.97 Å². The lowest BCUT2D eigenvalue weighted by Gasteiger charge is -2.21. The maximum Gasteiger partial charge on any atom is 0.314 e. The highest BCUT2D eigenvalue weighted by Gasteiger charge is 2.26. The number of cyclic esters (lactones) is 1. The van der Waals surface area contributed by atoms with Crippen molar-refractivity contribution in [1.29, 1.82) is 0 Å². The van der Waals surface area contributed by atoms with Crippen LogP contribution in [0.5, 0.6) is 0 Å². The largest absolute Gasteiger partial charge is 0.431 e. The van der Waals surface area contributed by atoms with Gasteiger partial charge in [0.05, 0.1) is 5.92 Å². The van der Waals surface area contributed by atoms with E-state index in [2.05, 4.69) is 0 Å². The summed E-state index contributed by atoms with van der Waals surface area (Å²) in [6, 6.07) is 0. The zero-order valence-electron chi connectivity index (χ0n) is 7.26. The van der Waals surface area contributed by atoms with Gasteiger partial charge in [0.25, 0.3) is 0 Å². The summed E-state index contributed by atoms with van der Waals surface area (Å²) in [5.41, 5.74) is 0. The summed E-state index contributed by atoms with van der Waals surface area (Å²) >= 11 is 0. The van der Waals surface area contributed by atoms with Gasteiger partial charge in [-0.05, 0) is 25.3 Å². The molecule has 0 aliphatic carbocycles. The van der Waals surface area contributed by atoms with Gasteiger partial charge in [0.1, 0.15) is 5.76 Å². The average molecular weight is 154 g/mol. The Kier molecular flexibility index (Phi) is 2.32. The molecule has 1 unspecified atom stereocenters. The van der Waals surface area contributed by atoms with Crippen molar-refractivity contribution in [3.63, 3.8) is 0 Å². The van der Waals surface area contributed by atoms with Crippen LogP contribution in [0.2, 0.25) is 0 Å². The van der Waals surface area contributed by atoms with Crippen molar-refractivity contribution in [2.75, 3.05) is 0 Å². The lowest BCUT2D eigenvalue weighted by Crippen LogP contribution is -2.24. The van der Waals surface area contributed by atoms with E-state index in [-0.39, 0.29) is 11.9 Å². The summed E-state index contributed by atoms with van der Waals surface area (Å²) in [6.07, 6.45) is 2.81. The maximum absolute atomic E-state index is 11.2. The molecule has 2 heteroatoms. The van der Waals surface area contributed by atoms with Crippen LogP contribution < -0.4 is 0 Å². The number of rotatable bonds is 1. The first-order valence-electron chi connectivity index (χ1n) is 3.99. The Morgan fingerprint density at radius 2 is 2.27 bits per heavy atom. The zero-order valence-corrected chi connectivity index (χ0v) is 7.26. The topological polar surface area (TPSA) is 26.3 Å². The van der Waals surface area contributed by atoms with E-state index >= 15 is 0 Å². The molecule has 11 heavy (non-hydrogen) atoms. The van der Waals surface area contributed by atoms with Crippen LogP contribution >= 0.6 is 0 Å². The molecular formula is C9H14O2. The summed E-state index contributed by atoms with van der Waals surface area (Å²) < 4.78 is 4.98. The molecule has 1 rings (SSSR count). The van der Waals surface area contributed by atoms with E-state index in [1.54, 1.807) is 0 Å². The fraction of sp³-hybridized carbons (Fsp3) is 0.667. The van der Waals surface area contributed by atoms with Crippen LogP contribution in [0.15, 0.2) is 11.8 Å². The molecule has 0 aromatic carbocycles. The molecule has 0 amide bonds. The van der Waals surface area contributed by atoms with Crippen LogP contribution in [0.25, 0.3) is 0 Å². The third-order valence-electron chi connectivity index (χ3n) is 2.03. The molecule has 62 valence electrons. The van der Waals surface area contributed by atoms with E-state index in [1.165, 1.54) is 0 Å². The zero-order chi connectivity index (χ0) is 8.43. The van der Waals surface area contributed by atoms with Crippen LogP contribution in [0, 0.1) is 11.8 Å². The minimum atomic E-state index is -0.0694. The highest BCUT2D eigenvalue weighted by Crippen LogP contribution is 2.23. The van der Waals surface area contributed by atoms with Crippen molar-refractivity contribution in [2.45, 2.75) is 27.2 Å². The van der Waals surface area contributed by atoms with Gasteiger partial charge in [0.15, 0.2) is 0 Å². The first kappa shape index (κ1) is 8.31. The Hall–Kier alpha value is -0.790. The number of hydrogen-bond donors (Lipinski definition) is 0. The predicted octanol–water partition coefficient (Wildman–Crippen LogP) is 2.11. The first-order chi connectivity index (χ1) is 5.11. The summed E-state index contributed by atoms with van der Waals surface area (Å²) in [5, 5.41) is 0. The Morgan fingerprint density at radius 1 is 1.64 bits per heavy atom. The molecule has 1 aliphatic rings. The van der Waals surface area contributed by atoms with E-state index in [0.29, 0.717) is 5.92 Å². The SMILES string of the molecule is CC1=CCC(C(C)C)C(=O)O1. The van der Waals surface area contributed by atoms with Crippen LogP contribution in [0.4, 0.5) is 0 Å². The van der Waals surface area contributed by atoms with E-state index < -0.39 is 0 Å². The van der Waals surface area contributed by atoms with Crippen molar-refractivity contribution in [3.05, 3.63) is 11.8 Å². The van der Waals surface area contributed by atoms with E-state index in [0.717, 1.165) is 12.2 Å². The van der Waals surface area contributed by atoms with Crippen molar-refractivity contribution in [1.82, 2.24) is 0 Å². The lowest BCUT2D eigenvalue weighted by atomic mass is 9.91. The Balaban J connectivity index is 2.66. The molecule has 0 radical (unpaired) electrons. The number of esters is 1. The number of carbonyl (C=O) groups excluding carboxylic acids is 1. The molecule has 0 saturated heterocycles. The van der Waals surface area contributed by atoms with Gasteiger partial charge in [-0.15, -0.1) is 0 Å². The Labute approximate surface area is 67.2 Å². The van der Waals surface area contributed by atoms with Gasteiger partial charge in [-0.3, -0.25) is 4.79 Å². The van der Waals surface area contributed by atoms with Crippen LogP contribution in [-0.2, 0) is 9.53 Å². The second-order valence-corrected chi connectivity index (χ2v) is 3.32.